The number of carboxylic acids is 3. The second-order valence-electron chi connectivity index (χ2n) is 14.2. The monoisotopic (exact) mass is 774 g/mol. The van der Waals surface area contributed by atoms with Gasteiger partial charge in [0, 0.05) is 43.7 Å². The van der Waals surface area contributed by atoms with Crippen molar-refractivity contribution in [2.75, 3.05) is 13.1 Å². The number of aliphatic carboxylic acids is 3. The van der Waals surface area contributed by atoms with Gasteiger partial charge >= 0.3 is 23.9 Å². The van der Waals surface area contributed by atoms with Crippen LogP contribution in [0.3, 0.4) is 0 Å². The Balaban J connectivity index is 1.28. The molecule has 300 valence electrons. The summed E-state index contributed by atoms with van der Waals surface area (Å²) in [5, 5.41) is 42.8. The number of hydrogen-bond donors (Lipinski definition) is 8. The number of carbonyl (C=O) groups is 7. The van der Waals surface area contributed by atoms with E-state index in [4.69, 9.17) is 5.11 Å². The fourth-order valence-corrected chi connectivity index (χ4v) is 6.62. The Labute approximate surface area is 324 Å². The van der Waals surface area contributed by atoms with E-state index < -0.39 is 54.4 Å². The number of amides is 5. The van der Waals surface area contributed by atoms with E-state index in [9.17, 15) is 43.8 Å². The molecule has 1 heterocycles. The van der Waals surface area contributed by atoms with Gasteiger partial charge < -0.3 is 41.9 Å². The third-order valence-corrected chi connectivity index (χ3v) is 9.90. The van der Waals surface area contributed by atoms with E-state index in [1.54, 1.807) is 18.3 Å². The van der Waals surface area contributed by atoms with E-state index in [1.165, 1.54) is 0 Å². The summed E-state index contributed by atoms with van der Waals surface area (Å²) >= 11 is 0. The smallest absolute Gasteiger partial charge is 0.326 e. The van der Waals surface area contributed by atoms with Crippen molar-refractivity contribution >= 4 is 52.4 Å². The molecule has 3 atom stereocenters. The third-order valence-electron chi connectivity index (χ3n) is 9.90. The minimum Gasteiger partial charge on any atom is -0.481 e. The van der Waals surface area contributed by atoms with Gasteiger partial charge in [0.2, 0.25) is 11.8 Å². The summed E-state index contributed by atoms with van der Waals surface area (Å²) in [7, 11) is 0. The van der Waals surface area contributed by atoms with Gasteiger partial charge in [0.25, 0.3) is 5.91 Å². The topological polar surface area (TPSA) is 253 Å². The fourth-order valence-electron chi connectivity index (χ4n) is 6.62. The highest BCUT2D eigenvalue weighted by Gasteiger charge is 2.30. The zero-order chi connectivity index (χ0) is 40.6. The summed E-state index contributed by atoms with van der Waals surface area (Å²) in [6.45, 7) is 2.50. The van der Waals surface area contributed by atoms with Crippen molar-refractivity contribution in [1.82, 2.24) is 31.6 Å². The molecule has 0 radical (unpaired) electrons. The number of carboxylic acid groups (broad SMARTS) is 3. The number of unbranched alkanes of at least 4 members (excludes halogenated alkanes) is 1. The highest BCUT2D eigenvalue weighted by atomic mass is 16.4. The number of fused-ring (bicyclic) bond motifs is 1. The van der Waals surface area contributed by atoms with Crippen molar-refractivity contribution in [3.8, 4) is 0 Å². The quantitative estimate of drug-likeness (QED) is 0.0774. The molecule has 1 aromatic heterocycles. The highest BCUT2D eigenvalue weighted by molar-refractivity contribution is 5.94. The van der Waals surface area contributed by atoms with Gasteiger partial charge in [-0.15, -0.1) is 0 Å². The second kappa shape index (κ2) is 21.1. The Kier molecular flexibility index (Phi) is 16.1. The van der Waals surface area contributed by atoms with Gasteiger partial charge in [-0.1, -0.05) is 42.5 Å². The number of rotatable bonds is 20. The minimum atomic E-state index is -1.52. The molecule has 16 heteroatoms. The Bertz CT molecular complexity index is 1860. The molecule has 1 aliphatic rings. The van der Waals surface area contributed by atoms with E-state index >= 15 is 0 Å². The van der Waals surface area contributed by atoms with Crippen LogP contribution in [0.5, 0.6) is 0 Å². The predicted octanol–water partition coefficient (Wildman–Crippen LogP) is 3.16. The molecule has 0 bridgehead atoms. The van der Waals surface area contributed by atoms with Crippen LogP contribution in [0.1, 0.15) is 79.4 Å². The first kappa shape index (κ1) is 42.7. The number of nitrogens with one attached hydrogen (secondary N) is 5. The van der Waals surface area contributed by atoms with Gasteiger partial charge in [-0.25, -0.2) is 14.4 Å². The van der Waals surface area contributed by atoms with Gasteiger partial charge in [0.1, 0.15) is 18.1 Å². The zero-order valence-corrected chi connectivity index (χ0v) is 31.3. The summed E-state index contributed by atoms with van der Waals surface area (Å²) in [5.41, 5.74) is 2.17. The maximum atomic E-state index is 13.6. The average molecular weight is 775 g/mol. The maximum absolute atomic E-state index is 13.6. The fraction of sp³-hybridized carbons (Fsp3) is 0.450. The second-order valence-corrected chi connectivity index (χ2v) is 14.2. The van der Waals surface area contributed by atoms with Crippen LogP contribution in [0.25, 0.3) is 10.8 Å². The van der Waals surface area contributed by atoms with Gasteiger partial charge in [-0.3, -0.25) is 24.2 Å². The minimum absolute atomic E-state index is 0.0295. The molecule has 56 heavy (non-hydrogen) atoms. The third kappa shape index (κ3) is 13.7. The first-order valence-corrected chi connectivity index (χ1v) is 18.8. The Morgan fingerprint density at radius 2 is 1.43 bits per heavy atom. The van der Waals surface area contributed by atoms with Crippen molar-refractivity contribution in [2.24, 2.45) is 11.8 Å². The summed E-state index contributed by atoms with van der Waals surface area (Å²) in [4.78, 5) is 90.1. The lowest BCUT2D eigenvalue weighted by Crippen LogP contribution is -2.51. The molecule has 1 saturated carbocycles. The standard InChI is InChI=1S/C40H50N6O10/c1-24-9-13-30(23-42-24)35(49)43-22-25-10-15-28(16-11-25)36(50)44-33(21-26-12-14-27-6-2-3-7-29(27)20-26)37(51)41-19-5-4-8-31(38(52)53)45-40(56)46-32(39(54)55)17-18-34(47)48/h2-3,6-7,9,12-14,20,23,25,28,31-33H,4-5,8,10-11,15-19,21-22H2,1H3,(H,41,51)(H,43,49)(H,44,50)(H,47,48)(H,52,53)(H,54,55)(H2,45,46,56)/t25-,28-,31-,32-,33-/m0/s1. The van der Waals surface area contributed by atoms with E-state index in [0.29, 0.717) is 31.4 Å². The molecule has 4 rings (SSSR count). The summed E-state index contributed by atoms with van der Waals surface area (Å²) in [6.07, 6.45) is 4.18. The number of carbonyl (C=O) groups excluding carboxylic acids is 4. The van der Waals surface area contributed by atoms with E-state index in [2.05, 4.69) is 31.6 Å². The Hall–Kier alpha value is -6.06. The lowest BCUT2D eigenvalue weighted by atomic mass is 9.81. The average Bonchev–Trinajstić information content (AvgIpc) is 3.17. The van der Waals surface area contributed by atoms with Gasteiger partial charge in [-0.05, 0) is 92.7 Å². The summed E-state index contributed by atoms with van der Waals surface area (Å²) in [6, 6.07) is 12.4. The molecular weight excluding hydrogens is 724 g/mol. The van der Waals surface area contributed by atoms with Crippen LogP contribution in [0.15, 0.2) is 60.8 Å². The molecular formula is C40H50N6O10. The number of aromatic nitrogens is 1. The summed E-state index contributed by atoms with van der Waals surface area (Å²) < 4.78 is 0. The van der Waals surface area contributed by atoms with E-state index in [1.807, 2.05) is 49.4 Å². The SMILES string of the molecule is Cc1ccc(C(=O)NC[C@H]2CC[C@H](C(=O)N[C@@H](Cc3ccc4ccccc4c3)C(=O)NCCCC[C@H](NC(=O)N[C@@H](CCC(=O)O)C(=O)O)C(=O)O)CC2)cn1. The van der Waals surface area contributed by atoms with Gasteiger partial charge in [-0.2, -0.15) is 0 Å². The lowest BCUT2D eigenvalue weighted by molar-refractivity contribution is -0.141. The number of benzene rings is 2. The maximum Gasteiger partial charge on any atom is 0.326 e. The predicted molar refractivity (Wildman–Crippen MR) is 205 cm³/mol. The first-order valence-electron chi connectivity index (χ1n) is 18.8. The van der Waals surface area contributed by atoms with Crippen molar-refractivity contribution in [2.45, 2.75) is 89.3 Å². The van der Waals surface area contributed by atoms with Crippen molar-refractivity contribution < 1.29 is 48.9 Å². The van der Waals surface area contributed by atoms with Gasteiger partial charge in [0.15, 0.2) is 0 Å². The Morgan fingerprint density at radius 3 is 2.07 bits per heavy atom. The molecule has 1 aliphatic carbocycles. The molecule has 5 amide bonds. The molecule has 2 aromatic carbocycles. The van der Waals surface area contributed by atoms with Crippen molar-refractivity contribution in [3.63, 3.8) is 0 Å². The largest absolute Gasteiger partial charge is 0.481 e. The van der Waals surface area contributed by atoms with Crippen molar-refractivity contribution in [3.05, 3.63) is 77.6 Å². The normalized spacial score (nSPS) is 16.7. The van der Waals surface area contributed by atoms with Gasteiger partial charge in [0.05, 0.1) is 5.56 Å². The molecule has 8 N–H and O–H groups in total. The lowest BCUT2D eigenvalue weighted by Gasteiger charge is -2.29. The van der Waals surface area contributed by atoms with E-state index in [0.717, 1.165) is 34.9 Å². The van der Waals surface area contributed by atoms with Crippen LogP contribution in [-0.4, -0.2) is 93.2 Å². The number of hydrogen-bond acceptors (Lipinski definition) is 8. The highest BCUT2D eigenvalue weighted by Crippen LogP contribution is 2.29. The van der Waals surface area contributed by atoms with E-state index in [-0.39, 0.29) is 55.9 Å². The van der Waals surface area contributed by atoms with Crippen LogP contribution in [-0.2, 0) is 30.4 Å². The molecule has 0 unspecified atom stereocenters. The van der Waals surface area contributed by atoms with Crippen LogP contribution in [0, 0.1) is 18.8 Å². The van der Waals surface area contributed by atoms with Crippen LogP contribution in [0.2, 0.25) is 0 Å². The molecule has 0 spiro atoms. The van der Waals surface area contributed by atoms with Crippen LogP contribution >= 0.6 is 0 Å². The van der Waals surface area contributed by atoms with Crippen LogP contribution < -0.4 is 26.6 Å². The molecule has 0 saturated heterocycles. The first-order chi connectivity index (χ1) is 26.8. The van der Waals surface area contributed by atoms with Crippen molar-refractivity contribution in [1.29, 1.82) is 0 Å². The number of urea groups is 1. The Morgan fingerprint density at radius 1 is 0.750 bits per heavy atom. The number of pyridine rings is 1. The molecule has 16 nitrogen and oxygen atoms in total. The summed E-state index contributed by atoms with van der Waals surface area (Å²) in [5.74, 6) is -4.94. The van der Waals surface area contributed by atoms with Crippen LogP contribution in [0.4, 0.5) is 4.79 Å². The molecule has 3 aromatic rings. The number of aryl methyl sites for hydroxylation is 1. The zero-order valence-electron chi connectivity index (χ0n) is 31.3. The molecule has 0 aliphatic heterocycles. The number of nitrogens with zero attached hydrogens (tertiary/aromatic N) is 1. The molecule has 1 fully saturated rings.